The van der Waals surface area contributed by atoms with Crippen molar-refractivity contribution in [2.75, 3.05) is 11.9 Å². The van der Waals surface area contributed by atoms with Gasteiger partial charge in [0.25, 0.3) is 0 Å². The van der Waals surface area contributed by atoms with Gasteiger partial charge < -0.3 is 15.4 Å². The van der Waals surface area contributed by atoms with Crippen LogP contribution < -0.4 is 15.4 Å². The van der Waals surface area contributed by atoms with Gasteiger partial charge in [0.2, 0.25) is 0 Å². The number of amides is 2. The first-order valence-electron chi connectivity index (χ1n) is 10.3. The Labute approximate surface area is 175 Å². The van der Waals surface area contributed by atoms with Crippen molar-refractivity contribution in [2.24, 2.45) is 0 Å². The SMILES string of the molecule is CCOc1ccc(NC(=O)NC2CCC(n3cc(-c4cnccn4)cn3)CC2)cc1. The molecule has 30 heavy (non-hydrogen) atoms. The monoisotopic (exact) mass is 406 g/mol. The third kappa shape index (κ3) is 4.94. The van der Waals surface area contributed by atoms with Crippen molar-refractivity contribution in [2.45, 2.75) is 44.7 Å². The van der Waals surface area contributed by atoms with Gasteiger partial charge in [0.05, 0.1) is 30.7 Å². The van der Waals surface area contributed by atoms with E-state index in [1.165, 1.54) is 0 Å². The average molecular weight is 406 g/mol. The number of aromatic nitrogens is 4. The lowest BCUT2D eigenvalue weighted by Crippen LogP contribution is -2.40. The van der Waals surface area contributed by atoms with Crippen LogP contribution in [0.25, 0.3) is 11.3 Å². The number of carbonyl (C=O) groups is 1. The van der Waals surface area contributed by atoms with E-state index in [0.717, 1.165) is 48.4 Å². The molecule has 0 unspecified atom stereocenters. The Morgan fingerprint density at radius 3 is 2.63 bits per heavy atom. The molecule has 1 aliphatic carbocycles. The van der Waals surface area contributed by atoms with Crippen LogP contribution in [0.3, 0.4) is 0 Å². The van der Waals surface area contributed by atoms with Crippen LogP contribution >= 0.6 is 0 Å². The minimum Gasteiger partial charge on any atom is -0.494 e. The summed E-state index contributed by atoms with van der Waals surface area (Å²) in [5.74, 6) is 0.794. The summed E-state index contributed by atoms with van der Waals surface area (Å²) in [4.78, 5) is 20.8. The second-order valence-electron chi connectivity index (χ2n) is 7.36. The largest absolute Gasteiger partial charge is 0.494 e. The van der Waals surface area contributed by atoms with Crippen LogP contribution in [0, 0.1) is 0 Å². The number of carbonyl (C=O) groups excluding carboxylic acids is 1. The third-order valence-corrected chi connectivity index (χ3v) is 5.29. The van der Waals surface area contributed by atoms with E-state index in [2.05, 4.69) is 25.7 Å². The molecule has 3 aromatic rings. The molecule has 4 rings (SSSR count). The number of benzene rings is 1. The fraction of sp³-hybridized carbons (Fsp3) is 0.364. The molecule has 2 N–H and O–H groups in total. The molecule has 0 bridgehead atoms. The van der Waals surface area contributed by atoms with Gasteiger partial charge in [-0.05, 0) is 56.9 Å². The molecule has 8 nitrogen and oxygen atoms in total. The summed E-state index contributed by atoms with van der Waals surface area (Å²) in [6.45, 7) is 2.56. The molecule has 2 amide bonds. The van der Waals surface area contributed by atoms with Crippen molar-refractivity contribution in [1.82, 2.24) is 25.1 Å². The predicted molar refractivity (Wildman–Crippen MR) is 114 cm³/mol. The molecule has 1 aromatic carbocycles. The quantitative estimate of drug-likeness (QED) is 0.644. The number of rotatable bonds is 6. The van der Waals surface area contributed by atoms with Gasteiger partial charge >= 0.3 is 6.03 Å². The van der Waals surface area contributed by atoms with E-state index >= 15 is 0 Å². The fourth-order valence-electron chi connectivity index (χ4n) is 3.76. The highest BCUT2D eigenvalue weighted by Crippen LogP contribution is 2.29. The fourth-order valence-corrected chi connectivity index (χ4v) is 3.76. The van der Waals surface area contributed by atoms with Crippen molar-refractivity contribution in [1.29, 1.82) is 0 Å². The zero-order valence-electron chi connectivity index (χ0n) is 17.0. The van der Waals surface area contributed by atoms with E-state index in [1.54, 1.807) is 18.6 Å². The maximum Gasteiger partial charge on any atom is 0.319 e. The van der Waals surface area contributed by atoms with Crippen LogP contribution in [0.4, 0.5) is 10.5 Å². The topological polar surface area (TPSA) is 94.0 Å². The Hall–Kier alpha value is -3.42. The molecule has 2 heterocycles. The summed E-state index contributed by atoms with van der Waals surface area (Å²) < 4.78 is 7.43. The Balaban J connectivity index is 1.25. The standard InChI is InChI=1S/C22H26N6O2/c1-2-30-20-9-5-18(6-10-20)27-22(29)26-17-3-7-19(8-4-17)28-15-16(13-25-28)21-14-23-11-12-24-21/h5-6,9-15,17,19H,2-4,7-8H2,1H3,(H2,26,27,29). The summed E-state index contributed by atoms with van der Waals surface area (Å²) >= 11 is 0. The second-order valence-corrected chi connectivity index (χ2v) is 7.36. The molecule has 0 atom stereocenters. The first-order valence-corrected chi connectivity index (χ1v) is 10.3. The van der Waals surface area contributed by atoms with Crippen molar-refractivity contribution in [3.8, 4) is 17.0 Å². The van der Waals surface area contributed by atoms with Crippen LogP contribution in [0.5, 0.6) is 5.75 Å². The number of hydrogen-bond donors (Lipinski definition) is 2. The normalized spacial score (nSPS) is 18.6. The first-order chi connectivity index (χ1) is 14.7. The van der Waals surface area contributed by atoms with E-state index < -0.39 is 0 Å². The minimum atomic E-state index is -0.174. The van der Waals surface area contributed by atoms with Gasteiger partial charge in [-0.3, -0.25) is 14.6 Å². The maximum absolute atomic E-state index is 12.3. The van der Waals surface area contributed by atoms with Gasteiger partial charge in [-0.15, -0.1) is 0 Å². The van der Waals surface area contributed by atoms with Crippen LogP contribution in [-0.4, -0.2) is 38.4 Å². The minimum absolute atomic E-state index is 0.166. The number of nitrogens with one attached hydrogen (secondary N) is 2. The molecular weight excluding hydrogens is 380 g/mol. The highest BCUT2D eigenvalue weighted by atomic mass is 16.5. The molecule has 8 heteroatoms. The molecule has 0 radical (unpaired) electrons. The van der Waals surface area contributed by atoms with Crippen molar-refractivity contribution < 1.29 is 9.53 Å². The highest BCUT2D eigenvalue weighted by molar-refractivity contribution is 5.89. The van der Waals surface area contributed by atoms with E-state index in [9.17, 15) is 4.79 Å². The molecule has 0 spiro atoms. The number of ether oxygens (including phenoxy) is 1. The summed E-state index contributed by atoms with van der Waals surface area (Å²) in [6.07, 6.45) is 12.7. The van der Waals surface area contributed by atoms with E-state index in [1.807, 2.05) is 48.3 Å². The van der Waals surface area contributed by atoms with E-state index in [0.29, 0.717) is 12.6 Å². The Morgan fingerprint density at radius 1 is 1.13 bits per heavy atom. The zero-order valence-corrected chi connectivity index (χ0v) is 17.0. The summed E-state index contributed by atoms with van der Waals surface area (Å²) in [5.41, 5.74) is 2.54. The first kappa shape index (κ1) is 19.9. The van der Waals surface area contributed by atoms with Gasteiger partial charge in [0.1, 0.15) is 5.75 Å². The van der Waals surface area contributed by atoms with E-state index in [-0.39, 0.29) is 12.1 Å². The third-order valence-electron chi connectivity index (χ3n) is 5.29. The predicted octanol–water partition coefficient (Wildman–Crippen LogP) is 4.04. The average Bonchev–Trinajstić information content (AvgIpc) is 3.27. The lowest BCUT2D eigenvalue weighted by Gasteiger charge is -2.29. The van der Waals surface area contributed by atoms with Crippen LogP contribution in [0.15, 0.2) is 55.2 Å². The Kier molecular flexibility index (Phi) is 6.22. The molecule has 0 saturated heterocycles. The lowest BCUT2D eigenvalue weighted by molar-refractivity contribution is 0.236. The zero-order chi connectivity index (χ0) is 20.8. The van der Waals surface area contributed by atoms with Crippen LogP contribution in [0.2, 0.25) is 0 Å². The van der Waals surface area contributed by atoms with E-state index in [4.69, 9.17) is 4.74 Å². The van der Waals surface area contributed by atoms with Crippen molar-refractivity contribution in [3.05, 3.63) is 55.2 Å². The molecule has 1 fully saturated rings. The number of nitrogens with zero attached hydrogens (tertiary/aromatic N) is 4. The summed E-state index contributed by atoms with van der Waals surface area (Å²) in [6, 6.07) is 7.71. The smallest absolute Gasteiger partial charge is 0.319 e. The van der Waals surface area contributed by atoms with Gasteiger partial charge in [-0.2, -0.15) is 5.10 Å². The van der Waals surface area contributed by atoms with Crippen LogP contribution in [-0.2, 0) is 0 Å². The second kappa shape index (κ2) is 9.39. The molecular formula is C22H26N6O2. The van der Waals surface area contributed by atoms with Crippen molar-refractivity contribution >= 4 is 11.7 Å². The summed E-state index contributed by atoms with van der Waals surface area (Å²) in [5, 5.41) is 10.5. The lowest BCUT2D eigenvalue weighted by atomic mass is 9.91. The van der Waals surface area contributed by atoms with Gasteiger partial charge in [-0.1, -0.05) is 0 Å². The summed E-state index contributed by atoms with van der Waals surface area (Å²) in [7, 11) is 0. The molecule has 2 aromatic heterocycles. The molecule has 1 aliphatic rings. The molecule has 156 valence electrons. The van der Waals surface area contributed by atoms with Gasteiger partial charge in [0.15, 0.2) is 0 Å². The highest BCUT2D eigenvalue weighted by Gasteiger charge is 2.24. The maximum atomic E-state index is 12.3. The van der Waals surface area contributed by atoms with Crippen LogP contribution in [0.1, 0.15) is 38.6 Å². The Bertz CT molecular complexity index is 949. The van der Waals surface area contributed by atoms with Gasteiger partial charge in [0, 0.05) is 35.9 Å². The Morgan fingerprint density at radius 2 is 1.93 bits per heavy atom. The number of hydrogen-bond acceptors (Lipinski definition) is 5. The molecule has 1 saturated carbocycles. The number of anilines is 1. The molecule has 0 aliphatic heterocycles. The van der Waals surface area contributed by atoms with Gasteiger partial charge in [-0.25, -0.2) is 4.79 Å². The van der Waals surface area contributed by atoms with Crippen molar-refractivity contribution in [3.63, 3.8) is 0 Å². The number of urea groups is 1.